The molecule has 2 aromatic carbocycles. The van der Waals surface area contributed by atoms with E-state index in [0.29, 0.717) is 0 Å². The summed E-state index contributed by atoms with van der Waals surface area (Å²) in [4.78, 5) is 0. The lowest BCUT2D eigenvalue weighted by molar-refractivity contribution is -0.968. The number of nitrogens with zero attached hydrogens (tertiary/aromatic N) is 2. The second kappa shape index (κ2) is 11.9. The highest BCUT2D eigenvalue weighted by molar-refractivity contribution is 6.60. The van der Waals surface area contributed by atoms with Crippen molar-refractivity contribution in [3.63, 3.8) is 0 Å². The monoisotopic (exact) mass is 446 g/mol. The summed E-state index contributed by atoms with van der Waals surface area (Å²) in [6.07, 6.45) is 1.01. The Hall–Kier alpha value is -1.54. The average Bonchev–Trinajstić information content (AvgIpc) is 2.77. The molecule has 0 aliphatic rings. The molecule has 0 saturated carbocycles. The molecular formula is C25H42N2O3Si+2. The first kappa shape index (κ1) is 25.7. The van der Waals surface area contributed by atoms with Crippen molar-refractivity contribution in [2.24, 2.45) is 0 Å². The van der Waals surface area contributed by atoms with Gasteiger partial charge in [0.15, 0.2) is 0 Å². The van der Waals surface area contributed by atoms with E-state index in [1.807, 2.05) is 0 Å². The van der Waals surface area contributed by atoms with Crippen LogP contribution in [0.4, 0.5) is 0 Å². The van der Waals surface area contributed by atoms with Gasteiger partial charge in [0.05, 0.1) is 27.7 Å². The lowest BCUT2D eigenvalue weighted by Crippen LogP contribution is -2.53. The molecule has 0 aliphatic carbocycles. The molecule has 6 heteroatoms. The summed E-state index contributed by atoms with van der Waals surface area (Å²) in [5.74, 6) is 0. The van der Waals surface area contributed by atoms with Crippen molar-refractivity contribution in [2.45, 2.75) is 25.6 Å². The Morgan fingerprint density at radius 2 is 1.13 bits per heavy atom. The summed E-state index contributed by atoms with van der Waals surface area (Å²) in [5.41, 5.74) is 2.77. The van der Waals surface area contributed by atoms with Gasteiger partial charge in [-0.2, -0.15) is 0 Å². The van der Waals surface area contributed by atoms with E-state index in [1.165, 1.54) is 11.1 Å². The summed E-state index contributed by atoms with van der Waals surface area (Å²) >= 11 is 0. The quantitative estimate of drug-likeness (QED) is 0.322. The highest BCUT2D eigenvalue weighted by atomic mass is 28.4. The zero-order valence-electron chi connectivity index (χ0n) is 20.3. The molecule has 1 atom stereocenters. The lowest BCUT2D eigenvalue weighted by Gasteiger charge is -2.39. The molecule has 0 spiro atoms. The van der Waals surface area contributed by atoms with Gasteiger partial charge in [0.2, 0.25) is 0 Å². The van der Waals surface area contributed by atoms with Crippen LogP contribution in [0.1, 0.15) is 17.5 Å². The van der Waals surface area contributed by atoms with Crippen molar-refractivity contribution in [2.75, 3.05) is 62.1 Å². The second-order valence-electron chi connectivity index (χ2n) is 9.41. The van der Waals surface area contributed by atoms with Crippen LogP contribution in [0.2, 0.25) is 6.04 Å². The van der Waals surface area contributed by atoms with E-state index in [1.54, 1.807) is 21.3 Å². The van der Waals surface area contributed by atoms with Gasteiger partial charge in [-0.1, -0.05) is 60.7 Å². The van der Waals surface area contributed by atoms with Gasteiger partial charge in [0, 0.05) is 44.9 Å². The van der Waals surface area contributed by atoms with E-state index in [9.17, 15) is 0 Å². The predicted octanol–water partition coefficient (Wildman–Crippen LogP) is 4.18. The minimum Gasteiger partial charge on any atom is -0.377 e. The molecule has 0 heterocycles. The molecule has 5 nitrogen and oxygen atoms in total. The van der Waals surface area contributed by atoms with E-state index < -0.39 is 8.80 Å². The zero-order chi connectivity index (χ0) is 22.8. The fraction of sp³-hybridized carbons (Fsp3) is 0.520. The van der Waals surface area contributed by atoms with Crippen LogP contribution in [0.5, 0.6) is 0 Å². The maximum absolute atomic E-state index is 5.63. The third-order valence-corrected chi connectivity index (χ3v) is 9.05. The molecule has 2 rings (SSSR count). The molecule has 1 unspecified atom stereocenters. The molecule has 0 fully saturated rings. The summed E-state index contributed by atoms with van der Waals surface area (Å²) in [7, 11) is 9.60. The Kier molecular flexibility index (Phi) is 9.87. The standard InChI is InChI=1S/C25H42N2O3Si/c1-26(2,22-24-14-9-7-10-15-24)19-20-27(3,23-25-16-11-8-12-17-25)18-13-21-31(28-4,29-5)30-6/h7-12,14-17H,13,18-23H2,1-6H3/q+2. The van der Waals surface area contributed by atoms with Gasteiger partial charge < -0.3 is 22.2 Å². The molecule has 0 radical (unpaired) electrons. The number of benzene rings is 2. The number of hydrogen-bond donors (Lipinski definition) is 0. The van der Waals surface area contributed by atoms with Crippen LogP contribution in [0.3, 0.4) is 0 Å². The van der Waals surface area contributed by atoms with Crippen LogP contribution >= 0.6 is 0 Å². The van der Waals surface area contributed by atoms with Gasteiger partial charge in [-0.15, -0.1) is 0 Å². The van der Waals surface area contributed by atoms with Gasteiger partial charge in [0.25, 0.3) is 0 Å². The molecule has 0 bridgehead atoms. The number of likely N-dealkylation sites (N-methyl/N-ethyl adjacent to an activating group) is 2. The average molecular weight is 447 g/mol. The Bertz CT molecular complexity index is 746. The van der Waals surface area contributed by atoms with E-state index in [-0.39, 0.29) is 0 Å². The van der Waals surface area contributed by atoms with Crippen molar-refractivity contribution >= 4 is 8.80 Å². The zero-order valence-corrected chi connectivity index (χ0v) is 21.3. The first-order valence-corrected chi connectivity index (χ1v) is 13.1. The van der Waals surface area contributed by atoms with Crippen LogP contribution in [-0.4, -0.2) is 79.9 Å². The second-order valence-corrected chi connectivity index (χ2v) is 12.5. The van der Waals surface area contributed by atoms with Gasteiger partial charge >= 0.3 is 8.80 Å². The van der Waals surface area contributed by atoms with E-state index in [4.69, 9.17) is 13.3 Å². The van der Waals surface area contributed by atoms with E-state index >= 15 is 0 Å². The van der Waals surface area contributed by atoms with Crippen LogP contribution < -0.4 is 0 Å². The molecule has 0 amide bonds. The Labute approximate surface area is 190 Å². The van der Waals surface area contributed by atoms with Crippen molar-refractivity contribution in [1.29, 1.82) is 0 Å². The minimum absolute atomic E-state index is 0.835. The highest BCUT2D eigenvalue weighted by Gasteiger charge is 2.38. The molecule has 2 aromatic rings. The number of rotatable bonds is 14. The summed E-state index contributed by atoms with van der Waals surface area (Å²) in [6, 6.07) is 22.4. The van der Waals surface area contributed by atoms with Gasteiger partial charge in [0.1, 0.15) is 26.2 Å². The third kappa shape index (κ3) is 8.48. The fourth-order valence-electron chi connectivity index (χ4n) is 4.20. The van der Waals surface area contributed by atoms with Crippen molar-refractivity contribution in [1.82, 2.24) is 0 Å². The molecule has 172 valence electrons. The predicted molar refractivity (Wildman–Crippen MR) is 129 cm³/mol. The molecule has 0 saturated heterocycles. The summed E-state index contributed by atoms with van der Waals surface area (Å²) in [5, 5.41) is 0. The largest absolute Gasteiger partial charge is 0.500 e. The first-order valence-electron chi connectivity index (χ1n) is 11.1. The van der Waals surface area contributed by atoms with E-state index in [2.05, 4.69) is 81.8 Å². The van der Waals surface area contributed by atoms with E-state index in [0.717, 1.165) is 54.2 Å². The topological polar surface area (TPSA) is 27.7 Å². The van der Waals surface area contributed by atoms with Crippen molar-refractivity contribution < 1.29 is 22.2 Å². The Morgan fingerprint density at radius 3 is 1.61 bits per heavy atom. The molecule has 0 aromatic heterocycles. The third-order valence-electron chi connectivity index (χ3n) is 6.22. The fourth-order valence-corrected chi connectivity index (χ4v) is 5.90. The van der Waals surface area contributed by atoms with Crippen molar-refractivity contribution in [3.05, 3.63) is 71.8 Å². The number of hydrogen-bond acceptors (Lipinski definition) is 3. The summed E-state index contributed by atoms with van der Waals surface area (Å²) < 4.78 is 18.9. The van der Waals surface area contributed by atoms with Gasteiger partial charge in [-0.3, -0.25) is 0 Å². The summed E-state index contributed by atoms with van der Waals surface area (Å²) in [6.45, 7) is 5.34. The first-order chi connectivity index (χ1) is 14.8. The van der Waals surface area contributed by atoms with Crippen LogP contribution in [0.15, 0.2) is 60.7 Å². The SMILES string of the molecule is CO[Si](CCC[N+](C)(CC[N+](C)(C)Cc1ccccc1)Cc1ccccc1)(OC)OC. The van der Waals surface area contributed by atoms with Crippen LogP contribution in [0, 0.1) is 0 Å². The molecule has 0 N–H and O–H groups in total. The van der Waals surface area contributed by atoms with Crippen molar-refractivity contribution in [3.8, 4) is 0 Å². The van der Waals surface area contributed by atoms with Crippen LogP contribution in [-0.2, 0) is 26.4 Å². The molecule has 31 heavy (non-hydrogen) atoms. The maximum Gasteiger partial charge on any atom is 0.500 e. The normalized spacial score (nSPS) is 14.4. The highest BCUT2D eigenvalue weighted by Crippen LogP contribution is 2.20. The Morgan fingerprint density at radius 1 is 0.645 bits per heavy atom. The number of quaternary nitrogens is 2. The maximum atomic E-state index is 5.63. The van der Waals surface area contributed by atoms with Crippen LogP contribution in [0.25, 0.3) is 0 Å². The lowest BCUT2D eigenvalue weighted by atomic mass is 10.1. The minimum atomic E-state index is -2.53. The smallest absolute Gasteiger partial charge is 0.377 e. The Balaban J connectivity index is 2.06. The molecule has 0 aliphatic heterocycles. The molecular weight excluding hydrogens is 404 g/mol. The van der Waals surface area contributed by atoms with Gasteiger partial charge in [-0.25, -0.2) is 0 Å². The van der Waals surface area contributed by atoms with Gasteiger partial charge in [-0.05, 0) is 0 Å².